The SMILES string of the molecule is CCNCc1ccc(OCCCSC)c(OC)c1. The molecule has 0 aromatic heterocycles. The van der Waals surface area contributed by atoms with E-state index < -0.39 is 0 Å². The molecule has 0 saturated carbocycles. The largest absolute Gasteiger partial charge is 0.493 e. The lowest BCUT2D eigenvalue weighted by Crippen LogP contribution is -2.11. The Hall–Kier alpha value is -0.870. The summed E-state index contributed by atoms with van der Waals surface area (Å²) in [5.74, 6) is 2.77. The molecule has 0 spiro atoms. The molecule has 18 heavy (non-hydrogen) atoms. The van der Waals surface area contributed by atoms with Crippen molar-refractivity contribution < 1.29 is 9.47 Å². The van der Waals surface area contributed by atoms with Crippen LogP contribution in [0.2, 0.25) is 0 Å². The number of hydrogen-bond donors (Lipinski definition) is 1. The van der Waals surface area contributed by atoms with E-state index in [-0.39, 0.29) is 0 Å². The van der Waals surface area contributed by atoms with E-state index in [0.717, 1.165) is 43.4 Å². The monoisotopic (exact) mass is 269 g/mol. The van der Waals surface area contributed by atoms with Gasteiger partial charge in [-0.05, 0) is 42.7 Å². The van der Waals surface area contributed by atoms with E-state index in [1.807, 2.05) is 23.9 Å². The van der Waals surface area contributed by atoms with Gasteiger partial charge in [-0.15, -0.1) is 0 Å². The summed E-state index contributed by atoms with van der Waals surface area (Å²) in [6, 6.07) is 6.10. The minimum Gasteiger partial charge on any atom is -0.493 e. The van der Waals surface area contributed by atoms with Crippen molar-refractivity contribution in [2.75, 3.05) is 32.3 Å². The number of benzene rings is 1. The summed E-state index contributed by atoms with van der Waals surface area (Å²) < 4.78 is 11.1. The predicted molar refractivity (Wildman–Crippen MR) is 78.9 cm³/mol. The summed E-state index contributed by atoms with van der Waals surface area (Å²) in [4.78, 5) is 0. The van der Waals surface area contributed by atoms with Crippen molar-refractivity contribution >= 4 is 11.8 Å². The number of hydrogen-bond acceptors (Lipinski definition) is 4. The number of thioether (sulfide) groups is 1. The second-order valence-electron chi connectivity index (χ2n) is 3.96. The summed E-state index contributed by atoms with van der Waals surface area (Å²) in [6.45, 7) is 4.67. The Morgan fingerprint density at radius 2 is 2.11 bits per heavy atom. The summed E-state index contributed by atoms with van der Waals surface area (Å²) in [7, 11) is 1.68. The summed E-state index contributed by atoms with van der Waals surface area (Å²) in [6.07, 6.45) is 3.17. The third-order valence-electron chi connectivity index (χ3n) is 2.56. The lowest BCUT2D eigenvalue weighted by atomic mass is 10.2. The van der Waals surface area contributed by atoms with Crippen LogP contribution in [0.4, 0.5) is 0 Å². The normalized spacial score (nSPS) is 10.4. The maximum absolute atomic E-state index is 5.73. The van der Waals surface area contributed by atoms with Crippen molar-refractivity contribution in [3.63, 3.8) is 0 Å². The highest BCUT2D eigenvalue weighted by Crippen LogP contribution is 2.28. The molecule has 1 N–H and O–H groups in total. The third kappa shape index (κ3) is 5.19. The van der Waals surface area contributed by atoms with Gasteiger partial charge in [-0.1, -0.05) is 13.0 Å². The lowest BCUT2D eigenvalue weighted by Gasteiger charge is -2.12. The fourth-order valence-corrected chi connectivity index (χ4v) is 2.00. The molecule has 0 bridgehead atoms. The number of methoxy groups -OCH3 is 1. The first-order chi connectivity index (χ1) is 8.81. The molecule has 0 aliphatic rings. The first kappa shape index (κ1) is 15.2. The fourth-order valence-electron chi connectivity index (χ4n) is 1.60. The number of nitrogens with one attached hydrogen (secondary N) is 1. The van der Waals surface area contributed by atoms with E-state index >= 15 is 0 Å². The smallest absolute Gasteiger partial charge is 0.161 e. The van der Waals surface area contributed by atoms with Gasteiger partial charge in [0.25, 0.3) is 0 Å². The van der Waals surface area contributed by atoms with Gasteiger partial charge in [0.1, 0.15) is 0 Å². The average Bonchev–Trinajstić information content (AvgIpc) is 2.42. The molecule has 0 saturated heterocycles. The maximum Gasteiger partial charge on any atom is 0.161 e. The van der Waals surface area contributed by atoms with Gasteiger partial charge in [0.05, 0.1) is 13.7 Å². The highest BCUT2D eigenvalue weighted by molar-refractivity contribution is 7.98. The Kier molecular flexibility index (Phi) is 7.69. The second kappa shape index (κ2) is 9.11. The molecule has 1 rings (SSSR count). The van der Waals surface area contributed by atoms with Crippen molar-refractivity contribution in [1.82, 2.24) is 5.32 Å². The zero-order valence-electron chi connectivity index (χ0n) is 11.5. The van der Waals surface area contributed by atoms with Crippen molar-refractivity contribution in [2.24, 2.45) is 0 Å². The van der Waals surface area contributed by atoms with Crippen LogP contribution in [0, 0.1) is 0 Å². The molecule has 1 aromatic carbocycles. The van der Waals surface area contributed by atoms with Crippen LogP contribution in [0.15, 0.2) is 18.2 Å². The minimum absolute atomic E-state index is 0.740. The van der Waals surface area contributed by atoms with Gasteiger partial charge in [-0.25, -0.2) is 0 Å². The zero-order valence-corrected chi connectivity index (χ0v) is 12.3. The first-order valence-electron chi connectivity index (χ1n) is 6.31. The fraction of sp³-hybridized carbons (Fsp3) is 0.571. The van der Waals surface area contributed by atoms with Crippen molar-refractivity contribution in [3.8, 4) is 11.5 Å². The van der Waals surface area contributed by atoms with Gasteiger partial charge in [-0.2, -0.15) is 11.8 Å². The summed E-state index contributed by atoms with van der Waals surface area (Å²) >= 11 is 1.84. The van der Waals surface area contributed by atoms with Crippen LogP contribution in [0.3, 0.4) is 0 Å². The number of ether oxygens (including phenoxy) is 2. The molecule has 0 aliphatic carbocycles. The van der Waals surface area contributed by atoms with Gasteiger partial charge in [-0.3, -0.25) is 0 Å². The van der Waals surface area contributed by atoms with Crippen LogP contribution < -0.4 is 14.8 Å². The second-order valence-corrected chi connectivity index (χ2v) is 4.95. The zero-order chi connectivity index (χ0) is 13.2. The van der Waals surface area contributed by atoms with Crippen LogP contribution in [0.25, 0.3) is 0 Å². The van der Waals surface area contributed by atoms with E-state index in [9.17, 15) is 0 Å². The van der Waals surface area contributed by atoms with Crippen LogP contribution in [0.5, 0.6) is 11.5 Å². The molecule has 4 heteroatoms. The Balaban J connectivity index is 2.56. The Morgan fingerprint density at radius 3 is 2.78 bits per heavy atom. The summed E-state index contributed by atoms with van der Waals surface area (Å²) in [5, 5.41) is 3.30. The lowest BCUT2D eigenvalue weighted by molar-refractivity contribution is 0.295. The Morgan fingerprint density at radius 1 is 1.28 bits per heavy atom. The molecular weight excluding hydrogens is 246 g/mol. The van der Waals surface area contributed by atoms with Crippen molar-refractivity contribution in [1.29, 1.82) is 0 Å². The highest BCUT2D eigenvalue weighted by atomic mass is 32.2. The van der Waals surface area contributed by atoms with Gasteiger partial charge in [0.2, 0.25) is 0 Å². The first-order valence-corrected chi connectivity index (χ1v) is 7.70. The topological polar surface area (TPSA) is 30.5 Å². The van der Waals surface area contributed by atoms with Crippen LogP contribution in [-0.2, 0) is 6.54 Å². The van der Waals surface area contributed by atoms with E-state index in [4.69, 9.17) is 9.47 Å². The molecule has 1 aromatic rings. The summed E-state index contributed by atoms with van der Waals surface area (Å²) in [5.41, 5.74) is 1.21. The predicted octanol–water partition coefficient (Wildman–Crippen LogP) is 2.94. The molecule has 0 aliphatic heterocycles. The van der Waals surface area contributed by atoms with E-state index in [0.29, 0.717) is 0 Å². The molecule has 0 unspecified atom stereocenters. The Bertz CT molecular complexity index is 345. The van der Waals surface area contributed by atoms with Gasteiger partial charge in [0, 0.05) is 6.54 Å². The molecule has 0 heterocycles. The van der Waals surface area contributed by atoms with Gasteiger partial charge < -0.3 is 14.8 Å². The van der Waals surface area contributed by atoms with Crippen molar-refractivity contribution in [3.05, 3.63) is 23.8 Å². The molecule has 0 amide bonds. The molecule has 3 nitrogen and oxygen atoms in total. The molecule has 0 radical (unpaired) electrons. The molecular formula is C14H23NO2S. The minimum atomic E-state index is 0.740. The van der Waals surface area contributed by atoms with E-state index in [1.54, 1.807) is 7.11 Å². The third-order valence-corrected chi connectivity index (χ3v) is 3.25. The van der Waals surface area contributed by atoms with E-state index in [2.05, 4.69) is 24.6 Å². The molecule has 0 atom stereocenters. The maximum atomic E-state index is 5.73. The van der Waals surface area contributed by atoms with Gasteiger partial charge in [0.15, 0.2) is 11.5 Å². The Labute approximate surface area is 114 Å². The van der Waals surface area contributed by atoms with E-state index in [1.165, 1.54) is 5.56 Å². The van der Waals surface area contributed by atoms with Crippen molar-refractivity contribution in [2.45, 2.75) is 19.9 Å². The average molecular weight is 269 g/mol. The number of rotatable bonds is 9. The quantitative estimate of drug-likeness (QED) is 0.698. The van der Waals surface area contributed by atoms with Crippen LogP contribution >= 0.6 is 11.8 Å². The standard InChI is InChI=1S/C14H23NO2S/c1-4-15-11-12-6-7-13(14(10-12)16-2)17-8-5-9-18-3/h6-7,10,15H,4-5,8-9,11H2,1-3H3. The molecule has 102 valence electrons. The van der Waals surface area contributed by atoms with Gasteiger partial charge >= 0.3 is 0 Å². The highest BCUT2D eigenvalue weighted by Gasteiger charge is 2.05. The molecule has 0 fully saturated rings. The van der Waals surface area contributed by atoms with Crippen LogP contribution in [0.1, 0.15) is 18.9 Å². The van der Waals surface area contributed by atoms with Crippen LogP contribution in [-0.4, -0.2) is 32.3 Å².